The van der Waals surface area contributed by atoms with Crippen molar-refractivity contribution < 1.29 is 14.9 Å². The van der Waals surface area contributed by atoms with Crippen LogP contribution in [0.4, 0.5) is 5.69 Å². The number of rotatable bonds is 1. The SMILES string of the molecule is COC1=C(O)C=C2N=CC3Cc4ccccc4N3C(O)C2C1. The van der Waals surface area contributed by atoms with Gasteiger partial charge in [-0.25, -0.2) is 0 Å². The van der Waals surface area contributed by atoms with E-state index in [4.69, 9.17) is 4.74 Å². The van der Waals surface area contributed by atoms with Crippen LogP contribution in [-0.4, -0.2) is 35.8 Å². The lowest BCUT2D eigenvalue weighted by Gasteiger charge is -2.34. The number of benzene rings is 1. The summed E-state index contributed by atoms with van der Waals surface area (Å²) in [7, 11) is 1.53. The van der Waals surface area contributed by atoms with Gasteiger partial charge in [0.2, 0.25) is 0 Å². The smallest absolute Gasteiger partial charge is 0.155 e. The first-order valence-corrected chi connectivity index (χ1v) is 7.45. The van der Waals surface area contributed by atoms with Crippen LogP contribution in [0.5, 0.6) is 0 Å². The molecule has 1 aliphatic carbocycles. The summed E-state index contributed by atoms with van der Waals surface area (Å²) in [5.41, 5.74) is 3.00. The Morgan fingerprint density at radius 1 is 1.27 bits per heavy atom. The monoisotopic (exact) mass is 298 g/mol. The van der Waals surface area contributed by atoms with Gasteiger partial charge in [-0.2, -0.15) is 0 Å². The zero-order valence-electron chi connectivity index (χ0n) is 12.3. The average molecular weight is 298 g/mol. The van der Waals surface area contributed by atoms with Crippen LogP contribution in [0.1, 0.15) is 12.0 Å². The molecule has 0 amide bonds. The largest absolute Gasteiger partial charge is 0.504 e. The highest BCUT2D eigenvalue weighted by atomic mass is 16.5. The van der Waals surface area contributed by atoms with Crippen molar-refractivity contribution in [1.29, 1.82) is 0 Å². The van der Waals surface area contributed by atoms with Crippen molar-refractivity contribution >= 4 is 11.9 Å². The summed E-state index contributed by atoms with van der Waals surface area (Å²) < 4.78 is 5.23. The van der Waals surface area contributed by atoms with Gasteiger partial charge in [-0.3, -0.25) is 4.99 Å². The number of fused-ring (bicyclic) bond motifs is 4. The minimum absolute atomic E-state index is 0.0482. The van der Waals surface area contributed by atoms with E-state index in [1.807, 2.05) is 29.3 Å². The molecule has 0 spiro atoms. The van der Waals surface area contributed by atoms with E-state index in [0.29, 0.717) is 17.9 Å². The molecule has 4 rings (SSSR count). The van der Waals surface area contributed by atoms with Crippen LogP contribution >= 0.6 is 0 Å². The molecule has 0 saturated heterocycles. The van der Waals surface area contributed by atoms with Crippen LogP contribution in [0, 0.1) is 5.92 Å². The third kappa shape index (κ3) is 1.85. The summed E-state index contributed by atoms with van der Waals surface area (Å²) >= 11 is 0. The van der Waals surface area contributed by atoms with E-state index in [-0.39, 0.29) is 17.7 Å². The molecule has 1 aromatic rings. The van der Waals surface area contributed by atoms with Crippen LogP contribution in [-0.2, 0) is 11.2 Å². The van der Waals surface area contributed by atoms with Gasteiger partial charge in [-0.05, 0) is 18.1 Å². The Bertz CT molecular complexity index is 708. The fourth-order valence-corrected chi connectivity index (χ4v) is 3.58. The van der Waals surface area contributed by atoms with Crippen molar-refractivity contribution in [2.75, 3.05) is 12.0 Å². The fourth-order valence-electron chi connectivity index (χ4n) is 3.58. The molecule has 1 aromatic carbocycles. The third-order valence-electron chi connectivity index (χ3n) is 4.70. The van der Waals surface area contributed by atoms with E-state index in [9.17, 15) is 10.2 Å². The van der Waals surface area contributed by atoms with Crippen LogP contribution in [0.3, 0.4) is 0 Å². The maximum absolute atomic E-state index is 10.9. The number of anilines is 1. The highest BCUT2D eigenvalue weighted by Gasteiger charge is 2.41. The molecule has 3 unspecified atom stereocenters. The summed E-state index contributed by atoms with van der Waals surface area (Å²) in [5, 5.41) is 20.9. The molecule has 2 aliphatic heterocycles. The maximum atomic E-state index is 10.9. The van der Waals surface area contributed by atoms with Crippen LogP contribution in [0.2, 0.25) is 0 Å². The Kier molecular flexibility index (Phi) is 2.97. The fraction of sp³-hybridized carbons (Fsp3) is 0.353. The van der Waals surface area contributed by atoms with Crippen molar-refractivity contribution in [3.8, 4) is 0 Å². The highest BCUT2D eigenvalue weighted by molar-refractivity contribution is 5.78. The Hall–Kier alpha value is -2.27. The molecule has 2 N–H and O–H groups in total. The topological polar surface area (TPSA) is 65.3 Å². The number of para-hydroxylation sites is 1. The van der Waals surface area contributed by atoms with Crippen molar-refractivity contribution in [2.45, 2.75) is 25.1 Å². The summed E-state index contributed by atoms with van der Waals surface area (Å²) in [5.74, 6) is 0.382. The van der Waals surface area contributed by atoms with E-state index >= 15 is 0 Å². The number of ether oxygens (including phenoxy) is 1. The Balaban J connectivity index is 1.76. The quantitative estimate of drug-likeness (QED) is 0.833. The van der Waals surface area contributed by atoms with E-state index in [1.54, 1.807) is 6.08 Å². The molecule has 22 heavy (non-hydrogen) atoms. The number of aliphatic imine (C=N–C) groups is 1. The molecule has 0 saturated carbocycles. The number of aliphatic hydroxyl groups is 2. The van der Waals surface area contributed by atoms with Gasteiger partial charge in [0.25, 0.3) is 0 Å². The number of allylic oxidation sites excluding steroid dienone is 2. The zero-order chi connectivity index (χ0) is 15.3. The van der Waals surface area contributed by atoms with Crippen LogP contribution < -0.4 is 4.90 Å². The van der Waals surface area contributed by atoms with Gasteiger partial charge >= 0.3 is 0 Å². The first-order chi connectivity index (χ1) is 10.7. The molecule has 3 atom stereocenters. The highest BCUT2D eigenvalue weighted by Crippen LogP contribution is 2.41. The number of methoxy groups -OCH3 is 1. The minimum Gasteiger partial charge on any atom is -0.504 e. The maximum Gasteiger partial charge on any atom is 0.155 e. The standard InChI is InChI=1S/C17H18N2O3/c1-22-16-7-12-13(8-15(16)20)18-9-11-6-10-4-2-3-5-14(10)19(11)17(12)21/h2-5,8-9,11-12,17,20-21H,6-7H2,1H3. The van der Waals surface area contributed by atoms with Gasteiger partial charge in [0.05, 0.1) is 24.8 Å². The van der Waals surface area contributed by atoms with Gasteiger partial charge in [0.1, 0.15) is 12.0 Å². The van der Waals surface area contributed by atoms with Crippen LogP contribution in [0.15, 0.2) is 52.5 Å². The van der Waals surface area contributed by atoms with Crippen molar-refractivity contribution in [3.05, 3.63) is 53.1 Å². The molecule has 0 fully saturated rings. The van der Waals surface area contributed by atoms with Gasteiger partial charge in [0.15, 0.2) is 5.76 Å². The van der Waals surface area contributed by atoms with E-state index in [0.717, 1.165) is 12.1 Å². The molecule has 0 aromatic heterocycles. The molecule has 0 bridgehead atoms. The second-order valence-electron chi connectivity index (χ2n) is 5.89. The molecule has 2 heterocycles. The molecule has 0 radical (unpaired) electrons. The molecule has 114 valence electrons. The lowest BCUT2D eigenvalue weighted by atomic mass is 9.92. The summed E-state index contributed by atoms with van der Waals surface area (Å²) in [6.07, 6.45) is 4.06. The summed E-state index contributed by atoms with van der Waals surface area (Å²) in [4.78, 5) is 6.55. The molecule has 5 heteroatoms. The minimum atomic E-state index is -0.694. The van der Waals surface area contributed by atoms with Crippen molar-refractivity contribution in [3.63, 3.8) is 0 Å². The Morgan fingerprint density at radius 2 is 2.09 bits per heavy atom. The number of nitrogens with zero attached hydrogens (tertiary/aromatic N) is 2. The van der Waals surface area contributed by atoms with Gasteiger partial charge in [-0.1, -0.05) is 18.2 Å². The van der Waals surface area contributed by atoms with E-state index in [1.165, 1.54) is 12.7 Å². The zero-order valence-corrected chi connectivity index (χ0v) is 12.3. The normalized spacial score (nSPS) is 29.5. The second-order valence-corrected chi connectivity index (χ2v) is 5.89. The third-order valence-corrected chi connectivity index (χ3v) is 4.70. The summed E-state index contributed by atoms with van der Waals surface area (Å²) in [6, 6.07) is 8.18. The van der Waals surface area contributed by atoms with Crippen molar-refractivity contribution in [2.24, 2.45) is 10.9 Å². The number of hydrogen-bond acceptors (Lipinski definition) is 5. The Labute approximate surface area is 128 Å². The Morgan fingerprint density at radius 3 is 2.91 bits per heavy atom. The molecule has 5 nitrogen and oxygen atoms in total. The van der Waals surface area contributed by atoms with Crippen molar-refractivity contribution in [1.82, 2.24) is 0 Å². The van der Waals surface area contributed by atoms with Crippen LogP contribution in [0.25, 0.3) is 0 Å². The molecular formula is C17H18N2O3. The number of hydrogen-bond donors (Lipinski definition) is 2. The lowest BCUT2D eigenvalue weighted by Crippen LogP contribution is -2.45. The molecule has 3 aliphatic rings. The van der Waals surface area contributed by atoms with E-state index in [2.05, 4.69) is 11.1 Å². The predicted molar refractivity (Wildman–Crippen MR) is 83.8 cm³/mol. The van der Waals surface area contributed by atoms with Gasteiger partial charge in [-0.15, -0.1) is 0 Å². The van der Waals surface area contributed by atoms with E-state index < -0.39 is 6.23 Å². The first kappa shape index (κ1) is 13.4. The average Bonchev–Trinajstić information content (AvgIpc) is 2.84. The molecular weight excluding hydrogens is 280 g/mol. The first-order valence-electron chi connectivity index (χ1n) is 7.45. The summed E-state index contributed by atoms with van der Waals surface area (Å²) in [6.45, 7) is 0. The van der Waals surface area contributed by atoms with Gasteiger partial charge in [0, 0.05) is 24.4 Å². The second kappa shape index (κ2) is 4.88. The number of aliphatic hydroxyl groups excluding tert-OH is 2. The van der Waals surface area contributed by atoms with Gasteiger partial charge < -0.3 is 19.8 Å². The predicted octanol–water partition coefficient (Wildman–Crippen LogP) is 2.14. The lowest BCUT2D eigenvalue weighted by molar-refractivity contribution is 0.105.